The van der Waals surface area contributed by atoms with Crippen LogP contribution in [-0.2, 0) is 15.8 Å². The molecule has 0 atom stereocenters. The number of anilines is 1. The topological polar surface area (TPSA) is 113 Å². The summed E-state index contributed by atoms with van der Waals surface area (Å²) in [6.45, 7) is 1.59. The number of aromatic carboxylic acids is 1. The number of nitrogens with one attached hydrogen (secondary N) is 2. The van der Waals surface area contributed by atoms with Crippen molar-refractivity contribution in [3.8, 4) is 5.69 Å². The van der Waals surface area contributed by atoms with E-state index in [1.807, 2.05) is 6.92 Å². The molecule has 0 aliphatic carbocycles. The van der Waals surface area contributed by atoms with Crippen LogP contribution in [0.15, 0.2) is 30.5 Å². The summed E-state index contributed by atoms with van der Waals surface area (Å²) < 4.78 is 40.2. The van der Waals surface area contributed by atoms with Crippen molar-refractivity contribution < 1.29 is 32.7 Å². The number of hydrogen-bond donors (Lipinski definition) is 3. The van der Waals surface area contributed by atoms with Gasteiger partial charge in [-0.15, -0.1) is 0 Å². The zero-order valence-electron chi connectivity index (χ0n) is 14.7. The first-order chi connectivity index (χ1) is 13.1. The second kappa shape index (κ2) is 8.55. The number of nitrogens with zero attached hydrogens (tertiary/aromatic N) is 2. The Morgan fingerprint density at radius 2 is 1.79 bits per heavy atom. The second-order valence-electron chi connectivity index (χ2n) is 5.74. The molecule has 0 radical (unpaired) electrons. The van der Waals surface area contributed by atoms with Crippen LogP contribution in [0.3, 0.4) is 0 Å². The van der Waals surface area contributed by atoms with E-state index in [0.717, 1.165) is 0 Å². The maximum absolute atomic E-state index is 13.2. The van der Waals surface area contributed by atoms with Crippen LogP contribution in [-0.4, -0.2) is 39.2 Å². The molecule has 1 aromatic heterocycles. The number of benzene rings is 1. The molecule has 150 valence electrons. The third-order valence-electron chi connectivity index (χ3n) is 3.59. The number of alkyl halides is 3. The van der Waals surface area contributed by atoms with E-state index in [1.165, 1.54) is 24.3 Å². The Labute approximate surface area is 157 Å². The molecule has 3 N–H and O–H groups in total. The molecule has 2 amide bonds. The summed E-state index contributed by atoms with van der Waals surface area (Å²) in [5.41, 5.74) is -2.12. The van der Waals surface area contributed by atoms with E-state index in [1.54, 1.807) is 0 Å². The highest BCUT2D eigenvalue weighted by Crippen LogP contribution is 2.33. The molecule has 0 aliphatic heterocycles. The summed E-state index contributed by atoms with van der Waals surface area (Å²) in [5.74, 6) is -2.51. The Kier molecular flexibility index (Phi) is 6.39. The van der Waals surface area contributed by atoms with E-state index in [9.17, 15) is 27.6 Å². The maximum atomic E-state index is 13.2. The number of carboxylic acids is 1. The van der Waals surface area contributed by atoms with Crippen LogP contribution in [0.1, 0.15) is 35.8 Å². The number of carboxylic acid groups (broad SMARTS) is 1. The van der Waals surface area contributed by atoms with Gasteiger partial charge in [0.1, 0.15) is 5.56 Å². The van der Waals surface area contributed by atoms with Gasteiger partial charge in [0.05, 0.1) is 18.4 Å². The van der Waals surface area contributed by atoms with Gasteiger partial charge in [0.2, 0.25) is 11.8 Å². The Hall–Kier alpha value is -3.37. The van der Waals surface area contributed by atoms with Crippen molar-refractivity contribution in [1.82, 2.24) is 15.1 Å². The van der Waals surface area contributed by atoms with E-state index in [2.05, 4.69) is 15.7 Å². The molecule has 11 heteroatoms. The highest BCUT2D eigenvalue weighted by atomic mass is 19.4. The van der Waals surface area contributed by atoms with Crippen LogP contribution >= 0.6 is 0 Å². The van der Waals surface area contributed by atoms with Crippen LogP contribution in [0.2, 0.25) is 0 Å². The number of rotatable bonds is 7. The molecule has 0 spiro atoms. The molecule has 1 aromatic carbocycles. The first-order valence-corrected chi connectivity index (χ1v) is 8.19. The van der Waals surface area contributed by atoms with Gasteiger partial charge in [0.15, 0.2) is 5.69 Å². The first-order valence-electron chi connectivity index (χ1n) is 8.19. The number of aromatic nitrogens is 2. The van der Waals surface area contributed by atoms with Crippen molar-refractivity contribution in [2.24, 2.45) is 0 Å². The SMILES string of the molecule is CCCC(=O)NCC(=O)Nc1ccc(-n2ncc(C(=O)O)c2C(F)(F)F)cc1. The molecular formula is C17H17F3N4O4. The van der Waals surface area contributed by atoms with Crippen LogP contribution in [0.5, 0.6) is 0 Å². The molecule has 8 nitrogen and oxygen atoms in total. The first kappa shape index (κ1) is 20.9. The lowest BCUT2D eigenvalue weighted by molar-refractivity contribution is -0.143. The minimum atomic E-state index is -4.92. The predicted molar refractivity (Wildman–Crippen MR) is 92.1 cm³/mol. The van der Waals surface area contributed by atoms with Crippen LogP contribution in [0, 0.1) is 0 Å². The normalized spacial score (nSPS) is 11.1. The Balaban J connectivity index is 2.14. The van der Waals surface area contributed by atoms with Crippen LogP contribution < -0.4 is 10.6 Å². The third-order valence-corrected chi connectivity index (χ3v) is 3.59. The van der Waals surface area contributed by atoms with Crippen molar-refractivity contribution in [1.29, 1.82) is 0 Å². The zero-order valence-corrected chi connectivity index (χ0v) is 14.7. The molecule has 2 rings (SSSR count). The second-order valence-corrected chi connectivity index (χ2v) is 5.74. The van der Waals surface area contributed by atoms with E-state index in [0.29, 0.717) is 23.7 Å². The van der Waals surface area contributed by atoms with Gasteiger partial charge in [-0.05, 0) is 30.7 Å². The van der Waals surface area contributed by atoms with E-state index < -0.39 is 29.3 Å². The molecule has 1 heterocycles. The third kappa shape index (κ3) is 5.09. The average molecular weight is 398 g/mol. The number of halogens is 3. The number of hydrogen-bond acceptors (Lipinski definition) is 4. The van der Waals surface area contributed by atoms with Gasteiger partial charge in [0.25, 0.3) is 0 Å². The highest BCUT2D eigenvalue weighted by Gasteiger charge is 2.40. The van der Waals surface area contributed by atoms with Crippen molar-refractivity contribution in [2.75, 3.05) is 11.9 Å². The highest BCUT2D eigenvalue weighted by molar-refractivity contribution is 5.94. The van der Waals surface area contributed by atoms with Crippen molar-refractivity contribution in [2.45, 2.75) is 25.9 Å². The van der Waals surface area contributed by atoms with Crippen LogP contribution in [0.25, 0.3) is 5.69 Å². The Morgan fingerprint density at radius 1 is 1.14 bits per heavy atom. The number of amides is 2. The lowest BCUT2D eigenvalue weighted by Crippen LogP contribution is -2.32. The van der Waals surface area contributed by atoms with Gasteiger partial charge in [-0.1, -0.05) is 6.92 Å². The summed E-state index contributed by atoms with van der Waals surface area (Å²) in [6.07, 6.45) is -3.36. The molecule has 2 aromatic rings. The maximum Gasteiger partial charge on any atom is 0.434 e. The fourth-order valence-electron chi connectivity index (χ4n) is 2.36. The lowest BCUT2D eigenvalue weighted by atomic mass is 10.2. The molecule has 28 heavy (non-hydrogen) atoms. The fraction of sp³-hybridized carbons (Fsp3) is 0.294. The fourth-order valence-corrected chi connectivity index (χ4v) is 2.36. The minimum absolute atomic E-state index is 0.0333. The summed E-state index contributed by atoms with van der Waals surface area (Å²) in [5, 5.41) is 17.4. The van der Waals surface area contributed by atoms with E-state index in [4.69, 9.17) is 5.11 Å². The molecule has 0 fully saturated rings. The monoisotopic (exact) mass is 398 g/mol. The largest absolute Gasteiger partial charge is 0.478 e. The smallest absolute Gasteiger partial charge is 0.434 e. The van der Waals surface area contributed by atoms with Gasteiger partial charge in [-0.3, -0.25) is 9.59 Å². The lowest BCUT2D eigenvalue weighted by Gasteiger charge is -2.12. The van der Waals surface area contributed by atoms with Gasteiger partial charge in [0, 0.05) is 12.1 Å². The number of carbonyl (C=O) groups is 3. The molecule has 0 saturated carbocycles. The van der Waals surface area contributed by atoms with E-state index in [-0.39, 0.29) is 23.8 Å². The van der Waals surface area contributed by atoms with Crippen molar-refractivity contribution in [3.05, 3.63) is 41.7 Å². The van der Waals surface area contributed by atoms with Crippen LogP contribution in [0.4, 0.5) is 18.9 Å². The Bertz CT molecular complexity index is 876. The summed E-state index contributed by atoms with van der Waals surface area (Å²) in [6, 6.07) is 5.17. The summed E-state index contributed by atoms with van der Waals surface area (Å²) in [4.78, 5) is 34.1. The minimum Gasteiger partial charge on any atom is -0.478 e. The molecule has 0 bridgehead atoms. The predicted octanol–water partition coefficient (Wildman–Crippen LogP) is 2.44. The van der Waals surface area contributed by atoms with Gasteiger partial charge >= 0.3 is 12.1 Å². The van der Waals surface area contributed by atoms with E-state index >= 15 is 0 Å². The average Bonchev–Trinajstić information content (AvgIpc) is 3.07. The molecular weight excluding hydrogens is 381 g/mol. The van der Waals surface area contributed by atoms with Gasteiger partial charge in [-0.2, -0.15) is 18.3 Å². The summed E-state index contributed by atoms with van der Waals surface area (Å²) >= 11 is 0. The summed E-state index contributed by atoms with van der Waals surface area (Å²) in [7, 11) is 0. The molecule has 0 unspecified atom stereocenters. The Morgan fingerprint density at radius 3 is 2.32 bits per heavy atom. The molecule has 0 aliphatic rings. The standard InChI is InChI=1S/C17H17F3N4O4/c1-2-3-13(25)21-9-14(26)23-10-4-6-11(7-5-10)24-15(17(18,19)20)12(8-22-24)16(27)28/h4-8H,2-3,9H2,1H3,(H,21,25)(H,23,26)(H,27,28). The van der Waals surface area contributed by atoms with Crippen molar-refractivity contribution >= 4 is 23.5 Å². The number of carbonyl (C=O) groups excluding carboxylic acids is 2. The molecule has 0 saturated heterocycles. The van der Waals surface area contributed by atoms with Crippen molar-refractivity contribution in [3.63, 3.8) is 0 Å². The quantitative estimate of drug-likeness (QED) is 0.663. The van der Waals surface area contributed by atoms with Gasteiger partial charge in [-0.25, -0.2) is 9.48 Å². The van der Waals surface area contributed by atoms with Gasteiger partial charge < -0.3 is 15.7 Å². The zero-order chi connectivity index (χ0) is 20.9.